The van der Waals surface area contributed by atoms with Crippen LogP contribution in [0.25, 0.3) is 0 Å². The molecule has 1 heterocycles. The van der Waals surface area contributed by atoms with E-state index in [-0.39, 0.29) is 5.91 Å². The third kappa shape index (κ3) is 6.32. The third-order valence-electron chi connectivity index (χ3n) is 3.40. The monoisotopic (exact) mass is 268 g/mol. The minimum atomic E-state index is 0.175. The minimum Gasteiger partial charge on any atom is -0.355 e. The highest BCUT2D eigenvalue weighted by atomic mass is 32.2. The average molecular weight is 268 g/mol. The van der Waals surface area contributed by atoms with Gasteiger partial charge in [-0.25, -0.2) is 0 Å². The molecule has 18 heavy (non-hydrogen) atoms. The van der Waals surface area contributed by atoms with E-state index in [9.17, 15) is 4.79 Å². The second-order valence-electron chi connectivity index (χ2n) is 4.89. The number of hydrogen-bond acceptors (Lipinski definition) is 3. The number of nitrogens with one attached hydrogen (secondary N) is 2. The molecule has 0 aromatic heterocycles. The summed E-state index contributed by atoms with van der Waals surface area (Å²) >= 11 is 1.68. The lowest BCUT2D eigenvalue weighted by Crippen LogP contribution is -2.36. The molecule has 1 aliphatic heterocycles. The summed E-state index contributed by atoms with van der Waals surface area (Å²) in [4.78, 5) is 11.7. The van der Waals surface area contributed by atoms with E-state index in [0.29, 0.717) is 18.3 Å². The van der Waals surface area contributed by atoms with Crippen molar-refractivity contribution < 1.29 is 4.79 Å². The lowest BCUT2D eigenvalue weighted by atomic mass is 9.85. The molecule has 102 valence electrons. The van der Waals surface area contributed by atoms with Crippen LogP contribution in [0.3, 0.4) is 0 Å². The molecular weight excluding hydrogens is 244 g/mol. The van der Waals surface area contributed by atoms with Crippen molar-refractivity contribution in [1.82, 2.24) is 10.6 Å². The van der Waals surface area contributed by atoms with Crippen LogP contribution < -0.4 is 10.6 Å². The molecule has 0 saturated carbocycles. The third-order valence-corrected chi connectivity index (χ3v) is 4.26. The van der Waals surface area contributed by atoms with Crippen LogP contribution in [0.1, 0.15) is 26.2 Å². The molecule has 0 aromatic rings. The van der Waals surface area contributed by atoms with Gasteiger partial charge in [-0.15, -0.1) is 18.2 Å². The molecule has 2 unspecified atom stereocenters. The summed E-state index contributed by atoms with van der Waals surface area (Å²) in [6.45, 7) is 5.10. The molecule has 1 fully saturated rings. The molecule has 1 aliphatic rings. The van der Waals surface area contributed by atoms with Crippen molar-refractivity contribution in [2.45, 2.75) is 26.2 Å². The Labute approximate surface area is 115 Å². The standard InChI is InChI=1S/C14H24N2OS/c1-3-8-18-9-7-16-14(17)10-12(2)13-5-4-6-15-11-13/h1,12-13,15H,4-11H2,2H3,(H,16,17). The van der Waals surface area contributed by atoms with Gasteiger partial charge in [0.25, 0.3) is 0 Å². The highest BCUT2D eigenvalue weighted by Gasteiger charge is 2.21. The number of carbonyl (C=O) groups excluding carboxylic acids is 1. The molecule has 3 nitrogen and oxygen atoms in total. The van der Waals surface area contributed by atoms with Crippen LogP contribution >= 0.6 is 11.8 Å². The number of piperidine rings is 1. The first kappa shape index (κ1) is 15.4. The van der Waals surface area contributed by atoms with Gasteiger partial charge >= 0.3 is 0 Å². The van der Waals surface area contributed by atoms with Crippen LogP contribution in [0.5, 0.6) is 0 Å². The van der Waals surface area contributed by atoms with E-state index in [4.69, 9.17) is 6.42 Å². The van der Waals surface area contributed by atoms with E-state index < -0.39 is 0 Å². The Morgan fingerprint density at radius 2 is 2.50 bits per heavy atom. The van der Waals surface area contributed by atoms with Gasteiger partial charge in [0.1, 0.15) is 0 Å². The lowest BCUT2D eigenvalue weighted by molar-refractivity contribution is -0.122. The van der Waals surface area contributed by atoms with Crippen molar-refractivity contribution in [3.8, 4) is 12.3 Å². The molecule has 0 bridgehead atoms. The molecule has 0 spiro atoms. The summed E-state index contributed by atoms with van der Waals surface area (Å²) in [5.41, 5.74) is 0. The predicted molar refractivity (Wildman–Crippen MR) is 78.5 cm³/mol. The van der Waals surface area contributed by atoms with Gasteiger partial charge in [0.15, 0.2) is 0 Å². The van der Waals surface area contributed by atoms with Crippen LogP contribution in [0.2, 0.25) is 0 Å². The van der Waals surface area contributed by atoms with Gasteiger partial charge < -0.3 is 10.6 Å². The number of rotatable bonds is 7. The Bertz CT molecular complexity index is 282. The van der Waals surface area contributed by atoms with Crippen LogP contribution in [0, 0.1) is 24.2 Å². The maximum atomic E-state index is 11.7. The summed E-state index contributed by atoms with van der Waals surface area (Å²) in [6, 6.07) is 0. The smallest absolute Gasteiger partial charge is 0.220 e. The zero-order valence-corrected chi connectivity index (χ0v) is 12.0. The second-order valence-corrected chi connectivity index (χ2v) is 6.00. The van der Waals surface area contributed by atoms with Gasteiger partial charge in [-0.05, 0) is 37.8 Å². The fourth-order valence-electron chi connectivity index (χ4n) is 2.29. The Kier molecular flexibility index (Phi) is 7.95. The van der Waals surface area contributed by atoms with Crippen molar-refractivity contribution >= 4 is 17.7 Å². The highest BCUT2D eigenvalue weighted by molar-refractivity contribution is 7.99. The van der Waals surface area contributed by atoms with E-state index in [1.165, 1.54) is 12.8 Å². The van der Waals surface area contributed by atoms with Crippen molar-refractivity contribution in [3.05, 3.63) is 0 Å². The average Bonchev–Trinajstić information content (AvgIpc) is 2.39. The number of carbonyl (C=O) groups is 1. The highest BCUT2D eigenvalue weighted by Crippen LogP contribution is 2.22. The number of amides is 1. The first-order valence-corrected chi connectivity index (χ1v) is 7.88. The van der Waals surface area contributed by atoms with Crippen molar-refractivity contribution in [2.24, 2.45) is 11.8 Å². The summed E-state index contributed by atoms with van der Waals surface area (Å²) in [5.74, 6) is 5.49. The van der Waals surface area contributed by atoms with Crippen molar-refractivity contribution in [3.63, 3.8) is 0 Å². The Morgan fingerprint density at radius 1 is 1.67 bits per heavy atom. The fourth-order valence-corrected chi connectivity index (χ4v) is 2.80. The quantitative estimate of drug-likeness (QED) is 0.543. The molecule has 1 saturated heterocycles. The molecule has 1 amide bonds. The van der Waals surface area contributed by atoms with E-state index in [2.05, 4.69) is 23.5 Å². The first-order valence-electron chi connectivity index (χ1n) is 6.72. The van der Waals surface area contributed by atoms with Gasteiger partial charge in [0, 0.05) is 18.7 Å². The summed E-state index contributed by atoms with van der Waals surface area (Å²) in [7, 11) is 0. The minimum absolute atomic E-state index is 0.175. The maximum absolute atomic E-state index is 11.7. The van der Waals surface area contributed by atoms with Gasteiger partial charge in [-0.1, -0.05) is 12.8 Å². The van der Waals surface area contributed by atoms with E-state index >= 15 is 0 Å². The molecule has 4 heteroatoms. The molecule has 0 radical (unpaired) electrons. The number of thioether (sulfide) groups is 1. The maximum Gasteiger partial charge on any atom is 0.220 e. The molecule has 0 aliphatic carbocycles. The molecule has 0 aromatic carbocycles. The molecule has 2 N–H and O–H groups in total. The van der Waals surface area contributed by atoms with E-state index in [1.807, 2.05) is 0 Å². The first-order chi connectivity index (χ1) is 8.74. The van der Waals surface area contributed by atoms with Gasteiger partial charge in [-0.2, -0.15) is 0 Å². The largest absolute Gasteiger partial charge is 0.355 e. The molecule has 1 rings (SSSR count). The Hall–Kier alpha value is -0.660. The Morgan fingerprint density at radius 3 is 3.17 bits per heavy atom. The predicted octanol–water partition coefficient (Wildman–Crippen LogP) is 1.49. The van der Waals surface area contributed by atoms with Crippen molar-refractivity contribution in [2.75, 3.05) is 31.1 Å². The van der Waals surface area contributed by atoms with Gasteiger partial charge in [0.2, 0.25) is 5.91 Å². The van der Waals surface area contributed by atoms with Gasteiger partial charge in [0.05, 0.1) is 5.75 Å². The zero-order valence-electron chi connectivity index (χ0n) is 11.2. The summed E-state index contributed by atoms with van der Waals surface area (Å²) in [6.07, 6.45) is 8.28. The van der Waals surface area contributed by atoms with Crippen LogP contribution in [0.4, 0.5) is 0 Å². The normalized spacial score (nSPS) is 21.0. The van der Waals surface area contributed by atoms with Crippen LogP contribution in [-0.2, 0) is 4.79 Å². The SMILES string of the molecule is C#CCSCCNC(=O)CC(C)C1CCCNC1. The van der Waals surface area contributed by atoms with Crippen LogP contribution in [0.15, 0.2) is 0 Å². The van der Waals surface area contributed by atoms with Crippen LogP contribution in [-0.4, -0.2) is 37.0 Å². The number of terminal acetylenes is 1. The van der Waals surface area contributed by atoms with Gasteiger partial charge in [-0.3, -0.25) is 4.79 Å². The fraction of sp³-hybridized carbons (Fsp3) is 0.786. The zero-order chi connectivity index (χ0) is 13.2. The van der Waals surface area contributed by atoms with Crippen molar-refractivity contribution in [1.29, 1.82) is 0 Å². The Balaban J connectivity index is 2.09. The topological polar surface area (TPSA) is 41.1 Å². The molecular formula is C14H24N2OS. The molecule has 2 atom stereocenters. The summed E-state index contributed by atoms with van der Waals surface area (Å²) < 4.78 is 0. The second kappa shape index (κ2) is 9.29. The summed E-state index contributed by atoms with van der Waals surface area (Å²) in [5, 5.41) is 6.36. The van der Waals surface area contributed by atoms with E-state index in [0.717, 1.165) is 31.1 Å². The number of hydrogen-bond donors (Lipinski definition) is 2. The lowest BCUT2D eigenvalue weighted by Gasteiger charge is -2.28. The van der Waals surface area contributed by atoms with E-state index in [1.54, 1.807) is 11.8 Å².